The Bertz CT molecular complexity index is 590. The van der Waals surface area contributed by atoms with Gasteiger partial charge in [0.1, 0.15) is 5.75 Å². The normalized spacial score (nSPS) is 13.8. The quantitative estimate of drug-likeness (QED) is 0.423. The maximum absolute atomic E-state index is 12.8. The Morgan fingerprint density at radius 1 is 0.833 bits per heavy atom. The Morgan fingerprint density at radius 3 is 1.62 bits per heavy atom. The van der Waals surface area contributed by atoms with E-state index in [1.807, 2.05) is 0 Å². The van der Waals surface area contributed by atoms with Crippen LogP contribution in [0.3, 0.4) is 0 Å². The van der Waals surface area contributed by atoms with Crippen LogP contribution in [0.2, 0.25) is 0 Å². The molecule has 11 heteroatoms. The average Bonchev–Trinajstić information content (AvgIpc) is 2.29. The zero-order valence-electron chi connectivity index (χ0n) is 12.0. The number of carbonyl (C=O) groups excluding carboxylic acids is 1. The topological polar surface area (TPSA) is 26.3 Å². The van der Waals surface area contributed by atoms with Gasteiger partial charge in [-0.25, -0.2) is 4.79 Å². The standard InChI is InChI=1S/C13H9F9O2/c1-6-4-3-5-8(7(6)2)24-9(23)10(11(14,15)16,12(17,18)19)13(20,21)22/h3-5H,1-2H3. The van der Waals surface area contributed by atoms with Crippen molar-refractivity contribution in [3.8, 4) is 5.75 Å². The lowest BCUT2D eigenvalue weighted by Gasteiger charge is -2.36. The summed E-state index contributed by atoms with van der Waals surface area (Å²) >= 11 is 0. The summed E-state index contributed by atoms with van der Waals surface area (Å²) < 4.78 is 119. The highest BCUT2D eigenvalue weighted by molar-refractivity contribution is 5.82. The molecule has 2 nitrogen and oxygen atoms in total. The predicted octanol–water partition coefficient (Wildman–Crippen LogP) is 4.88. The van der Waals surface area contributed by atoms with Crippen LogP contribution < -0.4 is 4.74 Å². The molecule has 0 aliphatic rings. The molecule has 1 rings (SSSR count). The van der Waals surface area contributed by atoms with Gasteiger partial charge in [0.2, 0.25) is 0 Å². The molecule has 1 aromatic rings. The first-order valence-corrected chi connectivity index (χ1v) is 6.06. The SMILES string of the molecule is Cc1cccc(OC(=O)C(C(F)(F)F)(C(F)(F)F)C(F)(F)F)c1C. The monoisotopic (exact) mass is 368 g/mol. The van der Waals surface area contributed by atoms with Gasteiger partial charge in [0, 0.05) is 0 Å². The molecule has 0 heterocycles. The third kappa shape index (κ3) is 3.03. The zero-order valence-corrected chi connectivity index (χ0v) is 12.0. The number of hydrogen-bond donors (Lipinski definition) is 0. The van der Waals surface area contributed by atoms with Crippen LogP contribution in [0.4, 0.5) is 39.5 Å². The van der Waals surface area contributed by atoms with Crippen molar-refractivity contribution in [3.05, 3.63) is 29.3 Å². The summed E-state index contributed by atoms with van der Waals surface area (Å²) in [7, 11) is 0. The maximum atomic E-state index is 12.8. The van der Waals surface area contributed by atoms with Gasteiger partial charge in [0.25, 0.3) is 0 Å². The lowest BCUT2D eigenvalue weighted by molar-refractivity contribution is -0.410. The van der Waals surface area contributed by atoms with Gasteiger partial charge in [-0.15, -0.1) is 0 Å². The lowest BCUT2D eigenvalue weighted by atomic mass is 9.85. The fraction of sp³-hybridized carbons (Fsp3) is 0.462. The van der Waals surface area contributed by atoms with Gasteiger partial charge in [-0.05, 0) is 31.0 Å². The molecule has 24 heavy (non-hydrogen) atoms. The highest BCUT2D eigenvalue weighted by Crippen LogP contribution is 2.60. The van der Waals surface area contributed by atoms with Crippen molar-refractivity contribution < 1.29 is 49.0 Å². The summed E-state index contributed by atoms with van der Waals surface area (Å²) in [6.07, 6.45) is -21.0. The van der Waals surface area contributed by atoms with E-state index in [2.05, 4.69) is 4.74 Å². The third-order valence-corrected chi connectivity index (χ3v) is 3.34. The molecule has 0 saturated heterocycles. The molecule has 1 aromatic carbocycles. The lowest BCUT2D eigenvalue weighted by Crippen LogP contribution is -2.65. The van der Waals surface area contributed by atoms with E-state index in [1.54, 1.807) is 0 Å². The first-order chi connectivity index (χ1) is 10.6. The van der Waals surface area contributed by atoms with Crippen LogP contribution in [0, 0.1) is 19.3 Å². The van der Waals surface area contributed by atoms with E-state index >= 15 is 0 Å². The minimum absolute atomic E-state index is 0.0775. The molecule has 0 N–H and O–H groups in total. The second kappa shape index (κ2) is 5.85. The summed E-state index contributed by atoms with van der Waals surface area (Å²) in [6.45, 7) is 2.53. The van der Waals surface area contributed by atoms with Crippen molar-refractivity contribution in [3.63, 3.8) is 0 Å². The molecule has 0 saturated carbocycles. The fourth-order valence-electron chi connectivity index (χ4n) is 1.84. The first-order valence-electron chi connectivity index (χ1n) is 6.06. The molecule has 0 aliphatic carbocycles. The highest BCUT2D eigenvalue weighted by Gasteiger charge is 2.89. The van der Waals surface area contributed by atoms with Crippen molar-refractivity contribution in [2.45, 2.75) is 32.4 Å². The van der Waals surface area contributed by atoms with Crippen LogP contribution in [-0.2, 0) is 4.79 Å². The highest BCUT2D eigenvalue weighted by atomic mass is 19.4. The molecular weight excluding hydrogens is 359 g/mol. The van der Waals surface area contributed by atoms with Crippen LogP contribution in [0.5, 0.6) is 5.75 Å². The smallest absolute Gasteiger partial charge is 0.423 e. The van der Waals surface area contributed by atoms with E-state index in [4.69, 9.17) is 0 Å². The Kier molecular flexibility index (Phi) is 4.90. The molecule has 0 aliphatic heterocycles. The second-order valence-electron chi connectivity index (χ2n) is 4.83. The Balaban J connectivity index is 3.56. The number of carbonyl (C=O) groups is 1. The van der Waals surface area contributed by atoms with Gasteiger partial charge in [-0.2, -0.15) is 39.5 Å². The van der Waals surface area contributed by atoms with Gasteiger partial charge < -0.3 is 4.74 Å². The molecule has 0 aromatic heterocycles. The number of halogens is 9. The van der Waals surface area contributed by atoms with Gasteiger partial charge in [0.05, 0.1) is 0 Å². The first kappa shape index (κ1) is 20.1. The van der Waals surface area contributed by atoms with E-state index in [-0.39, 0.29) is 11.1 Å². The molecule has 0 fully saturated rings. The summed E-state index contributed by atoms with van der Waals surface area (Å²) in [5.74, 6) is -4.34. The van der Waals surface area contributed by atoms with Crippen LogP contribution in [0.1, 0.15) is 11.1 Å². The van der Waals surface area contributed by atoms with E-state index in [0.29, 0.717) is 0 Å². The molecule has 0 unspecified atom stereocenters. The maximum Gasteiger partial charge on any atom is 0.423 e. The summed E-state index contributed by atoms with van der Waals surface area (Å²) in [5.41, 5.74) is -6.44. The average molecular weight is 368 g/mol. The zero-order chi connectivity index (χ0) is 19.1. The number of aryl methyl sites for hydroxylation is 1. The van der Waals surface area contributed by atoms with E-state index in [1.165, 1.54) is 13.0 Å². The van der Waals surface area contributed by atoms with E-state index in [9.17, 15) is 44.3 Å². The van der Waals surface area contributed by atoms with Crippen LogP contribution in [-0.4, -0.2) is 24.5 Å². The summed E-state index contributed by atoms with van der Waals surface area (Å²) in [5, 5.41) is 0. The van der Waals surface area contributed by atoms with Crippen LogP contribution >= 0.6 is 0 Å². The van der Waals surface area contributed by atoms with E-state index < -0.39 is 35.7 Å². The third-order valence-electron chi connectivity index (χ3n) is 3.34. The summed E-state index contributed by atoms with van der Waals surface area (Å²) in [6, 6.07) is 3.26. The second-order valence-corrected chi connectivity index (χ2v) is 4.83. The molecule has 0 bridgehead atoms. The Labute approximate surface area is 129 Å². The molecule has 136 valence electrons. The van der Waals surface area contributed by atoms with Crippen LogP contribution in [0.25, 0.3) is 0 Å². The van der Waals surface area contributed by atoms with Gasteiger partial charge in [-0.3, -0.25) is 0 Å². The number of esters is 1. The van der Waals surface area contributed by atoms with E-state index in [0.717, 1.165) is 19.1 Å². The number of hydrogen-bond acceptors (Lipinski definition) is 2. The Hall–Kier alpha value is -1.94. The minimum atomic E-state index is -7.00. The summed E-state index contributed by atoms with van der Waals surface area (Å²) in [4.78, 5) is 11.5. The number of rotatable bonds is 2. The predicted molar refractivity (Wildman–Crippen MR) is 62.1 cm³/mol. The van der Waals surface area contributed by atoms with Gasteiger partial charge >= 0.3 is 29.9 Å². The largest absolute Gasteiger partial charge is 0.425 e. The Morgan fingerprint density at radius 2 is 1.25 bits per heavy atom. The number of alkyl halides is 9. The molecule has 0 amide bonds. The van der Waals surface area contributed by atoms with Crippen LogP contribution in [0.15, 0.2) is 18.2 Å². The van der Waals surface area contributed by atoms with Crippen molar-refractivity contribution in [2.75, 3.05) is 0 Å². The van der Waals surface area contributed by atoms with Crippen molar-refractivity contribution in [1.29, 1.82) is 0 Å². The molecule has 0 atom stereocenters. The minimum Gasteiger partial charge on any atom is -0.425 e. The number of ether oxygens (including phenoxy) is 1. The molecular formula is C13H9F9O2. The van der Waals surface area contributed by atoms with Crippen molar-refractivity contribution in [1.82, 2.24) is 0 Å². The van der Waals surface area contributed by atoms with Gasteiger partial charge in [0.15, 0.2) is 0 Å². The van der Waals surface area contributed by atoms with Gasteiger partial charge in [-0.1, -0.05) is 12.1 Å². The number of benzene rings is 1. The molecule has 0 spiro atoms. The molecule has 0 radical (unpaired) electrons. The van der Waals surface area contributed by atoms with Crippen molar-refractivity contribution in [2.24, 2.45) is 5.41 Å². The van der Waals surface area contributed by atoms with Crippen molar-refractivity contribution >= 4 is 5.97 Å². The fourth-order valence-corrected chi connectivity index (χ4v) is 1.84.